The van der Waals surface area contributed by atoms with Crippen molar-refractivity contribution >= 4 is 11.8 Å². The lowest BCUT2D eigenvalue weighted by atomic mass is 9.51. The van der Waals surface area contributed by atoms with Gasteiger partial charge in [-0.3, -0.25) is 9.59 Å². The van der Waals surface area contributed by atoms with E-state index in [9.17, 15) is 9.59 Å². The number of carboxylic acids is 1. The molecule has 4 aliphatic rings. The van der Waals surface area contributed by atoms with E-state index < -0.39 is 5.97 Å². The van der Waals surface area contributed by atoms with E-state index in [0.717, 1.165) is 32.1 Å². The summed E-state index contributed by atoms with van der Waals surface area (Å²) < 4.78 is 0. The number of Topliss-reactive ketones (excluding diaryl/α,β-unsaturated/α-hetero) is 1. The number of carbonyl (C=O) groups is 2. The second kappa shape index (κ2) is 6.60. The van der Waals surface area contributed by atoms with Crippen LogP contribution in [0.5, 0.6) is 0 Å². The fraction of sp³-hybridized carbons (Fsp3) is 0.750. The molecule has 3 saturated carbocycles. The zero-order valence-electron chi connectivity index (χ0n) is 17.1. The smallest absolute Gasteiger partial charge is 0.303 e. The van der Waals surface area contributed by atoms with Crippen molar-refractivity contribution in [2.24, 2.45) is 34.5 Å². The van der Waals surface area contributed by atoms with Crippen LogP contribution >= 0.6 is 0 Å². The van der Waals surface area contributed by atoms with Crippen molar-refractivity contribution in [1.29, 1.82) is 0 Å². The van der Waals surface area contributed by atoms with Gasteiger partial charge in [0.2, 0.25) is 0 Å². The number of hydrogen-bond acceptors (Lipinski definition) is 2. The number of fused-ring (bicyclic) bond motifs is 4. The molecule has 0 heterocycles. The van der Waals surface area contributed by atoms with Gasteiger partial charge in [0.15, 0.2) is 0 Å². The Bertz CT molecular complexity index is 717. The third-order valence-electron chi connectivity index (χ3n) is 8.85. The van der Waals surface area contributed by atoms with Crippen LogP contribution in [0.4, 0.5) is 0 Å². The van der Waals surface area contributed by atoms with E-state index in [1.54, 1.807) is 11.1 Å². The molecular formula is C24H34O3. The van der Waals surface area contributed by atoms with Crippen molar-refractivity contribution in [2.45, 2.75) is 78.6 Å². The summed E-state index contributed by atoms with van der Waals surface area (Å²) in [6.07, 6.45) is 13.3. The Labute approximate surface area is 163 Å². The summed E-state index contributed by atoms with van der Waals surface area (Å²) in [4.78, 5) is 23.0. The zero-order valence-corrected chi connectivity index (χ0v) is 17.1. The van der Waals surface area contributed by atoms with Crippen molar-refractivity contribution in [1.82, 2.24) is 0 Å². The number of allylic oxidation sites excluding steroid dienone is 4. The Morgan fingerprint density at radius 2 is 2.04 bits per heavy atom. The normalized spacial score (nSPS) is 41.7. The van der Waals surface area contributed by atoms with Crippen LogP contribution in [0, 0.1) is 34.5 Å². The van der Waals surface area contributed by atoms with Gasteiger partial charge in [-0.25, -0.2) is 0 Å². The third-order valence-corrected chi connectivity index (χ3v) is 8.85. The first-order valence-corrected chi connectivity index (χ1v) is 10.9. The van der Waals surface area contributed by atoms with E-state index in [0.29, 0.717) is 29.5 Å². The molecule has 0 aromatic carbocycles. The van der Waals surface area contributed by atoms with Crippen molar-refractivity contribution in [3.8, 4) is 0 Å². The largest absolute Gasteiger partial charge is 0.481 e. The second-order valence-corrected chi connectivity index (χ2v) is 10.2. The lowest BCUT2D eigenvalue weighted by molar-refractivity contribution is -0.137. The lowest BCUT2D eigenvalue weighted by Crippen LogP contribution is -2.45. The Morgan fingerprint density at radius 3 is 2.78 bits per heavy atom. The molecule has 0 aromatic rings. The molecular weight excluding hydrogens is 336 g/mol. The third kappa shape index (κ3) is 2.93. The van der Waals surface area contributed by atoms with Gasteiger partial charge < -0.3 is 5.11 Å². The molecule has 0 aromatic heterocycles. The van der Waals surface area contributed by atoms with Gasteiger partial charge in [0, 0.05) is 30.6 Å². The minimum Gasteiger partial charge on any atom is -0.481 e. The average Bonchev–Trinajstić information content (AvgIpc) is 2.97. The molecule has 3 fully saturated rings. The number of ketones is 1. The molecule has 0 aliphatic heterocycles. The highest BCUT2D eigenvalue weighted by molar-refractivity contribution is 5.79. The Hall–Kier alpha value is -1.38. The molecule has 0 radical (unpaired) electrons. The van der Waals surface area contributed by atoms with Gasteiger partial charge in [-0.1, -0.05) is 44.1 Å². The topological polar surface area (TPSA) is 54.4 Å². The second-order valence-electron chi connectivity index (χ2n) is 10.2. The minimum absolute atomic E-state index is 0.109. The summed E-state index contributed by atoms with van der Waals surface area (Å²) >= 11 is 0. The fourth-order valence-corrected chi connectivity index (χ4v) is 7.17. The van der Waals surface area contributed by atoms with E-state index in [1.165, 1.54) is 19.3 Å². The van der Waals surface area contributed by atoms with Crippen molar-refractivity contribution in [3.63, 3.8) is 0 Å². The number of rotatable bonds is 4. The first-order valence-electron chi connectivity index (χ1n) is 10.9. The highest BCUT2D eigenvalue weighted by atomic mass is 16.4. The SMILES string of the molecule is C[C@H](CCC(=O)O)[C@H]1CCC2=C3CC[C@@H]4CC(=O)CC[C@]4(C)[C@H]3C=C[C@@]21C. The summed E-state index contributed by atoms with van der Waals surface area (Å²) in [7, 11) is 0. The molecule has 3 heteroatoms. The minimum atomic E-state index is -0.680. The summed E-state index contributed by atoms with van der Waals surface area (Å²) in [5.41, 5.74) is 3.70. The van der Waals surface area contributed by atoms with Gasteiger partial charge in [0.25, 0.3) is 0 Å². The molecule has 6 atom stereocenters. The van der Waals surface area contributed by atoms with Crippen LogP contribution in [0.15, 0.2) is 23.3 Å². The number of hydrogen-bond donors (Lipinski definition) is 1. The zero-order chi connectivity index (χ0) is 19.4. The lowest BCUT2D eigenvalue weighted by Gasteiger charge is -2.53. The highest BCUT2D eigenvalue weighted by Crippen LogP contribution is 2.63. The molecule has 0 spiro atoms. The van der Waals surface area contributed by atoms with Crippen molar-refractivity contribution in [3.05, 3.63) is 23.3 Å². The quantitative estimate of drug-likeness (QED) is 0.660. The maximum Gasteiger partial charge on any atom is 0.303 e. The molecule has 0 saturated heterocycles. The van der Waals surface area contributed by atoms with E-state index in [4.69, 9.17) is 5.11 Å². The molecule has 148 valence electrons. The summed E-state index contributed by atoms with van der Waals surface area (Å²) in [5.74, 6) is 1.83. The van der Waals surface area contributed by atoms with Gasteiger partial charge >= 0.3 is 5.97 Å². The molecule has 0 amide bonds. The standard InChI is InChI=1S/C24H34O3/c1-15(4-9-22(26)27)19-7-8-20-18-6-5-16-14-17(25)10-12-23(16,2)21(18)11-13-24(19,20)3/h11,13,15-16,19,21H,4-10,12,14H2,1-3H3,(H,26,27)/t15-,16-,19-,21+,23+,24-/m1/s1. The van der Waals surface area contributed by atoms with Crippen LogP contribution in [0.25, 0.3) is 0 Å². The van der Waals surface area contributed by atoms with Crippen LogP contribution in [-0.4, -0.2) is 16.9 Å². The fourth-order valence-electron chi connectivity index (χ4n) is 7.17. The van der Waals surface area contributed by atoms with Crippen LogP contribution in [0.1, 0.15) is 78.6 Å². The van der Waals surface area contributed by atoms with Gasteiger partial charge in [-0.05, 0) is 61.7 Å². The van der Waals surface area contributed by atoms with E-state index in [1.807, 2.05) is 0 Å². The van der Waals surface area contributed by atoms with Crippen LogP contribution < -0.4 is 0 Å². The van der Waals surface area contributed by atoms with Gasteiger partial charge in [0.05, 0.1) is 0 Å². The summed E-state index contributed by atoms with van der Waals surface area (Å²) in [6, 6.07) is 0. The predicted molar refractivity (Wildman–Crippen MR) is 106 cm³/mol. The average molecular weight is 371 g/mol. The predicted octanol–water partition coefficient (Wildman–Crippen LogP) is 5.56. The van der Waals surface area contributed by atoms with Gasteiger partial charge in [-0.15, -0.1) is 0 Å². The van der Waals surface area contributed by atoms with Crippen molar-refractivity contribution < 1.29 is 14.7 Å². The maximum absolute atomic E-state index is 12.0. The van der Waals surface area contributed by atoms with Crippen LogP contribution in [0.3, 0.4) is 0 Å². The highest BCUT2D eigenvalue weighted by Gasteiger charge is 2.53. The van der Waals surface area contributed by atoms with E-state index >= 15 is 0 Å². The summed E-state index contributed by atoms with van der Waals surface area (Å²) in [6.45, 7) is 7.08. The van der Waals surface area contributed by atoms with Crippen LogP contribution in [-0.2, 0) is 9.59 Å². The van der Waals surface area contributed by atoms with Gasteiger partial charge in [-0.2, -0.15) is 0 Å². The number of carbonyl (C=O) groups excluding carboxylic acids is 1. The monoisotopic (exact) mass is 370 g/mol. The molecule has 1 N–H and O–H groups in total. The molecule has 0 bridgehead atoms. The van der Waals surface area contributed by atoms with E-state index in [2.05, 4.69) is 32.9 Å². The molecule has 3 nitrogen and oxygen atoms in total. The van der Waals surface area contributed by atoms with Crippen molar-refractivity contribution in [2.75, 3.05) is 0 Å². The molecule has 4 rings (SSSR count). The maximum atomic E-state index is 12.0. The molecule has 4 aliphatic carbocycles. The number of aliphatic carboxylic acids is 1. The molecule has 27 heavy (non-hydrogen) atoms. The Balaban J connectivity index is 1.61. The summed E-state index contributed by atoms with van der Waals surface area (Å²) in [5, 5.41) is 9.07. The van der Waals surface area contributed by atoms with Gasteiger partial charge in [0.1, 0.15) is 5.78 Å². The van der Waals surface area contributed by atoms with Crippen LogP contribution in [0.2, 0.25) is 0 Å². The first kappa shape index (κ1) is 19.0. The van der Waals surface area contributed by atoms with E-state index in [-0.39, 0.29) is 17.3 Å². The Morgan fingerprint density at radius 1 is 1.26 bits per heavy atom. The first-order chi connectivity index (χ1) is 12.8. The number of carboxylic acid groups (broad SMARTS) is 1. The Kier molecular flexibility index (Phi) is 4.63. The molecule has 0 unspecified atom stereocenters.